The molecule has 0 amide bonds. The maximum absolute atomic E-state index is 10.9. The Morgan fingerprint density at radius 2 is 2.18 bits per heavy atom. The average molecular weight is 253 g/mol. The zero-order valence-electron chi connectivity index (χ0n) is 9.55. The number of carboxylic acid groups (broad SMARTS) is 1. The molecule has 5 heteroatoms. The number of nitrogens with one attached hydrogen (secondary N) is 1. The monoisotopic (exact) mass is 253 g/mol. The van der Waals surface area contributed by atoms with Crippen LogP contribution in [-0.2, 0) is 4.79 Å². The number of rotatable bonds is 3. The van der Waals surface area contributed by atoms with Gasteiger partial charge in [-0.1, -0.05) is 12.1 Å². The first-order chi connectivity index (χ1) is 8.20. The van der Waals surface area contributed by atoms with Gasteiger partial charge in [-0.2, -0.15) is 0 Å². The van der Waals surface area contributed by atoms with Gasteiger partial charge in [-0.3, -0.25) is 10.1 Å². The molecule has 1 fully saturated rings. The molecule has 0 bridgehead atoms. The third-order valence-corrected chi connectivity index (χ3v) is 3.97. The summed E-state index contributed by atoms with van der Waals surface area (Å²) < 4.78 is 5.09. The highest BCUT2D eigenvalue weighted by Gasteiger charge is 2.27. The minimum Gasteiger partial charge on any atom is -0.497 e. The molecule has 0 spiro atoms. The zero-order valence-corrected chi connectivity index (χ0v) is 10.4. The summed E-state index contributed by atoms with van der Waals surface area (Å²) in [7, 11) is 1.63. The number of carboxylic acids is 1. The summed E-state index contributed by atoms with van der Waals surface area (Å²) >= 11 is 1.74. The van der Waals surface area contributed by atoms with Crippen molar-refractivity contribution in [2.45, 2.75) is 17.8 Å². The highest BCUT2D eigenvalue weighted by molar-refractivity contribution is 7.99. The van der Waals surface area contributed by atoms with Crippen molar-refractivity contribution < 1.29 is 14.6 Å². The standard InChI is InChI=1S/C12H15NO3S/c1-16-9-4-2-8(3-5-9)11-13-10(12(14)15)6-7-17-11/h2-5,10-11,13H,6-7H2,1H3,(H,14,15). The molecule has 17 heavy (non-hydrogen) atoms. The summed E-state index contributed by atoms with van der Waals surface area (Å²) in [5.74, 6) is 0.897. The molecule has 0 saturated carbocycles. The predicted molar refractivity (Wildman–Crippen MR) is 67.4 cm³/mol. The van der Waals surface area contributed by atoms with Crippen molar-refractivity contribution in [3.63, 3.8) is 0 Å². The van der Waals surface area contributed by atoms with Crippen LogP contribution in [0.15, 0.2) is 24.3 Å². The predicted octanol–water partition coefficient (Wildman–Crippen LogP) is 1.87. The Hall–Kier alpha value is -1.20. The number of benzene rings is 1. The first-order valence-corrected chi connectivity index (χ1v) is 6.50. The van der Waals surface area contributed by atoms with Gasteiger partial charge in [0.1, 0.15) is 11.8 Å². The fraction of sp³-hybridized carbons (Fsp3) is 0.417. The smallest absolute Gasteiger partial charge is 0.320 e. The van der Waals surface area contributed by atoms with Gasteiger partial charge in [-0.25, -0.2) is 0 Å². The summed E-state index contributed by atoms with van der Waals surface area (Å²) in [6.45, 7) is 0. The molecule has 92 valence electrons. The Kier molecular flexibility index (Phi) is 3.91. The molecule has 0 aliphatic carbocycles. The van der Waals surface area contributed by atoms with Crippen LogP contribution in [0.3, 0.4) is 0 Å². The lowest BCUT2D eigenvalue weighted by molar-refractivity contribution is -0.139. The molecular formula is C12H15NO3S. The lowest BCUT2D eigenvalue weighted by Crippen LogP contribution is -2.41. The SMILES string of the molecule is COc1ccc(C2NC(C(=O)O)CCS2)cc1. The van der Waals surface area contributed by atoms with E-state index in [0.717, 1.165) is 17.1 Å². The molecule has 1 aromatic rings. The lowest BCUT2D eigenvalue weighted by Gasteiger charge is -2.28. The maximum atomic E-state index is 10.9. The second-order valence-corrected chi connectivity index (χ2v) is 5.08. The van der Waals surface area contributed by atoms with E-state index < -0.39 is 12.0 Å². The van der Waals surface area contributed by atoms with Crippen LogP contribution in [0, 0.1) is 0 Å². The first kappa shape index (κ1) is 12.3. The highest BCUT2D eigenvalue weighted by atomic mass is 32.2. The van der Waals surface area contributed by atoms with Crippen LogP contribution in [-0.4, -0.2) is 30.0 Å². The summed E-state index contributed by atoms with van der Waals surface area (Å²) in [4.78, 5) is 10.9. The van der Waals surface area contributed by atoms with Crippen LogP contribution >= 0.6 is 11.8 Å². The topological polar surface area (TPSA) is 58.6 Å². The Balaban J connectivity index is 2.08. The molecule has 2 unspecified atom stereocenters. The van der Waals surface area contributed by atoms with Crippen LogP contribution in [0.1, 0.15) is 17.4 Å². The van der Waals surface area contributed by atoms with E-state index in [0.29, 0.717) is 6.42 Å². The van der Waals surface area contributed by atoms with E-state index in [2.05, 4.69) is 5.32 Å². The first-order valence-electron chi connectivity index (χ1n) is 5.45. The van der Waals surface area contributed by atoms with Gasteiger partial charge in [-0.15, -0.1) is 11.8 Å². The van der Waals surface area contributed by atoms with E-state index in [1.165, 1.54) is 0 Å². The molecule has 2 N–H and O–H groups in total. The molecule has 1 aliphatic rings. The zero-order chi connectivity index (χ0) is 12.3. The Labute approximate surface area is 104 Å². The number of aliphatic carboxylic acids is 1. The van der Waals surface area contributed by atoms with Gasteiger partial charge in [0.05, 0.1) is 12.5 Å². The van der Waals surface area contributed by atoms with Crippen LogP contribution in [0.25, 0.3) is 0 Å². The maximum Gasteiger partial charge on any atom is 0.320 e. The molecule has 1 aliphatic heterocycles. The highest BCUT2D eigenvalue weighted by Crippen LogP contribution is 2.32. The van der Waals surface area contributed by atoms with Crippen LogP contribution < -0.4 is 10.1 Å². The second kappa shape index (κ2) is 5.42. The van der Waals surface area contributed by atoms with Gasteiger partial charge in [0.25, 0.3) is 0 Å². The molecule has 0 radical (unpaired) electrons. The van der Waals surface area contributed by atoms with Crippen molar-refractivity contribution >= 4 is 17.7 Å². The van der Waals surface area contributed by atoms with Crippen molar-refractivity contribution in [3.8, 4) is 5.75 Å². The van der Waals surface area contributed by atoms with Gasteiger partial charge >= 0.3 is 5.97 Å². The molecule has 1 heterocycles. The summed E-state index contributed by atoms with van der Waals surface area (Å²) in [6, 6.07) is 7.27. The van der Waals surface area contributed by atoms with Gasteiger partial charge in [0, 0.05) is 0 Å². The number of ether oxygens (including phenoxy) is 1. The molecule has 4 nitrogen and oxygen atoms in total. The number of carbonyl (C=O) groups is 1. The van der Waals surface area contributed by atoms with E-state index in [1.54, 1.807) is 18.9 Å². The Morgan fingerprint density at radius 3 is 2.76 bits per heavy atom. The molecule has 1 aromatic carbocycles. The summed E-state index contributed by atoms with van der Waals surface area (Å²) in [6.07, 6.45) is 0.673. The van der Waals surface area contributed by atoms with E-state index in [-0.39, 0.29) is 5.37 Å². The second-order valence-electron chi connectivity index (χ2n) is 3.87. The van der Waals surface area contributed by atoms with E-state index >= 15 is 0 Å². The third-order valence-electron chi connectivity index (χ3n) is 2.76. The van der Waals surface area contributed by atoms with Crippen molar-refractivity contribution in [1.29, 1.82) is 0 Å². The molecule has 2 rings (SSSR count). The number of hydrogen-bond donors (Lipinski definition) is 2. The van der Waals surface area contributed by atoms with Gasteiger partial charge in [0.15, 0.2) is 0 Å². The van der Waals surface area contributed by atoms with Crippen molar-refractivity contribution in [2.75, 3.05) is 12.9 Å². The number of methoxy groups -OCH3 is 1. The van der Waals surface area contributed by atoms with Crippen molar-refractivity contribution in [3.05, 3.63) is 29.8 Å². The molecule has 0 aromatic heterocycles. The molecular weight excluding hydrogens is 238 g/mol. The fourth-order valence-corrected chi connectivity index (χ4v) is 3.00. The van der Waals surface area contributed by atoms with Gasteiger partial charge in [-0.05, 0) is 29.9 Å². The van der Waals surface area contributed by atoms with Crippen LogP contribution in [0.5, 0.6) is 5.75 Å². The Bertz CT molecular complexity index is 393. The number of thioether (sulfide) groups is 1. The average Bonchev–Trinajstić information content (AvgIpc) is 2.39. The fourth-order valence-electron chi connectivity index (χ4n) is 1.78. The largest absolute Gasteiger partial charge is 0.497 e. The quantitative estimate of drug-likeness (QED) is 0.861. The third kappa shape index (κ3) is 2.92. The summed E-state index contributed by atoms with van der Waals surface area (Å²) in [5, 5.41) is 12.2. The Morgan fingerprint density at radius 1 is 1.47 bits per heavy atom. The summed E-state index contributed by atoms with van der Waals surface area (Å²) in [5.41, 5.74) is 1.08. The van der Waals surface area contributed by atoms with Gasteiger partial charge in [0.2, 0.25) is 0 Å². The van der Waals surface area contributed by atoms with Crippen LogP contribution in [0.4, 0.5) is 0 Å². The normalized spacial score (nSPS) is 24.3. The molecule has 2 atom stereocenters. The molecule has 1 saturated heterocycles. The van der Waals surface area contributed by atoms with E-state index in [4.69, 9.17) is 9.84 Å². The van der Waals surface area contributed by atoms with E-state index in [1.807, 2.05) is 24.3 Å². The van der Waals surface area contributed by atoms with E-state index in [9.17, 15) is 4.79 Å². The van der Waals surface area contributed by atoms with Crippen molar-refractivity contribution in [1.82, 2.24) is 5.32 Å². The minimum atomic E-state index is -0.774. The van der Waals surface area contributed by atoms with Crippen molar-refractivity contribution in [2.24, 2.45) is 0 Å². The number of hydrogen-bond acceptors (Lipinski definition) is 4. The minimum absolute atomic E-state index is 0.0516. The lowest BCUT2D eigenvalue weighted by atomic mass is 10.1. The van der Waals surface area contributed by atoms with Crippen LogP contribution in [0.2, 0.25) is 0 Å². The van der Waals surface area contributed by atoms with Gasteiger partial charge < -0.3 is 9.84 Å².